The summed E-state index contributed by atoms with van der Waals surface area (Å²) in [5, 5.41) is 10.1. The van der Waals surface area contributed by atoms with Crippen molar-refractivity contribution in [3.8, 4) is 11.8 Å². The lowest BCUT2D eigenvalue weighted by molar-refractivity contribution is 0.590. The van der Waals surface area contributed by atoms with E-state index in [4.69, 9.17) is 0 Å². The Bertz CT molecular complexity index is 610. The van der Waals surface area contributed by atoms with Crippen molar-refractivity contribution in [2.75, 3.05) is 0 Å². The van der Waals surface area contributed by atoms with Crippen LogP contribution < -0.4 is 0 Å². The molecule has 2 rings (SSSR count). The normalized spacial score (nSPS) is 11.3. The fraction of sp³-hybridized carbons (Fsp3) is 0.312. The van der Waals surface area contributed by atoms with Crippen LogP contribution in [0.5, 0.6) is 0 Å². The molecule has 1 aromatic heterocycles. The molecule has 0 atom stereocenters. The molecule has 0 spiro atoms. The highest BCUT2D eigenvalue weighted by atomic mass is 79.9. The predicted molar refractivity (Wildman–Crippen MR) is 81.8 cm³/mol. The highest BCUT2D eigenvalue weighted by molar-refractivity contribution is 9.08. The molecule has 2 aromatic rings. The zero-order valence-corrected chi connectivity index (χ0v) is 13.0. The number of hydrogen-bond donors (Lipinski definition) is 0. The molecule has 0 saturated carbocycles. The smallest absolute Gasteiger partial charge is 0.125 e. The zero-order valence-electron chi connectivity index (χ0n) is 11.4. The molecular formula is C16H17BrN2. The second-order valence-electron chi connectivity index (χ2n) is 5.65. The third-order valence-corrected chi connectivity index (χ3v) is 3.82. The summed E-state index contributed by atoms with van der Waals surface area (Å²) in [5.74, 6) is 0. The summed E-state index contributed by atoms with van der Waals surface area (Å²) < 4.78 is 1.96. The molecule has 0 aliphatic rings. The molecule has 0 aliphatic carbocycles. The summed E-state index contributed by atoms with van der Waals surface area (Å²) in [6.07, 6.45) is 2.06. The van der Waals surface area contributed by atoms with Crippen LogP contribution in [0.25, 0.3) is 5.69 Å². The molecule has 2 nitrogen and oxygen atoms in total. The molecule has 0 radical (unpaired) electrons. The molecule has 0 saturated heterocycles. The van der Waals surface area contributed by atoms with Crippen LogP contribution in [0.1, 0.15) is 37.6 Å². The van der Waals surface area contributed by atoms with E-state index in [-0.39, 0.29) is 5.41 Å². The Hall–Kier alpha value is -1.53. The first-order valence-corrected chi connectivity index (χ1v) is 7.36. The molecule has 3 heteroatoms. The van der Waals surface area contributed by atoms with E-state index in [9.17, 15) is 5.26 Å². The summed E-state index contributed by atoms with van der Waals surface area (Å²) in [6.45, 7) is 6.46. The minimum Gasteiger partial charge on any atom is -0.308 e. The maximum Gasteiger partial charge on any atom is 0.125 e. The first-order chi connectivity index (χ1) is 8.95. The Balaban J connectivity index is 2.49. The van der Waals surface area contributed by atoms with Crippen LogP contribution in [0.2, 0.25) is 0 Å². The van der Waals surface area contributed by atoms with Crippen LogP contribution in [0, 0.1) is 11.3 Å². The van der Waals surface area contributed by atoms with Gasteiger partial charge < -0.3 is 4.57 Å². The van der Waals surface area contributed by atoms with E-state index >= 15 is 0 Å². The number of hydrogen-bond acceptors (Lipinski definition) is 1. The monoisotopic (exact) mass is 316 g/mol. The van der Waals surface area contributed by atoms with Crippen molar-refractivity contribution in [1.82, 2.24) is 4.57 Å². The predicted octanol–water partition coefficient (Wildman–Crippen LogP) is 4.54. The first-order valence-electron chi connectivity index (χ1n) is 6.24. The van der Waals surface area contributed by atoms with Gasteiger partial charge in [-0.05, 0) is 34.7 Å². The third-order valence-electron chi connectivity index (χ3n) is 3.17. The molecule has 0 N–H and O–H groups in total. The average Bonchev–Trinajstić information content (AvgIpc) is 2.83. The highest BCUT2D eigenvalue weighted by Gasteiger charge is 2.18. The lowest BCUT2D eigenvalue weighted by Crippen LogP contribution is -2.09. The number of nitrogens with zero attached hydrogens (tertiary/aromatic N) is 2. The summed E-state index contributed by atoms with van der Waals surface area (Å²) in [7, 11) is 0. The molecule has 0 aliphatic heterocycles. The van der Waals surface area contributed by atoms with Crippen LogP contribution in [-0.4, -0.2) is 4.57 Å². The molecule has 0 bridgehead atoms. The Morgan fingerprint density at radius 1 is 1.21 bits per heavy atom. The minimum absolute atomic E-state index is 0.0483. The fourth-order valence-electron chi connectivity index (χ4n) is 1.92. The second kappa shape index (κ2) is 5.22. The van der Waals surface area contributed by atoms with Gasteiger partial charge in [0.15, 0.2) is 0 Å². The Morgan fingerprint density at radius 2 is 1.84 bits per heavy atom. The van der Waals surface area contributed by atoms with E-state index < -0.39 is 0 Å². The van der Waals surface area contributed by atoms with Crippen LogP contribution in [0.15, 0.2) is 36.5 Å². The van der Waals surface area contributed by atoms with Crippen molar-refractivity contribution >= 4 is 15.9 Å². The van der Waals surface area contributed by atoms with Gasteiger partial charge in [-0.15, -0.1) is 0 Å². The molecule has 98 valence electrons. The summed E-state index contributed by atoms with van der Waals surface area (Å²) >= 11 is 3.44. The number of nitriles is 1. The number of benzene rings is 1. The quantitative estimate of drug-likeness (QED) is 0.748. The molecule has 0 unspecified atom stereocenters. The Kier molecular flexibility index (Phi) is 3.82. The second-order valence-corrected chi connectivity index (χ2v) is 6.21. The van der Waals surface area contributed by atoms with Gasteiger partial charge in [-0.2, -0.15) is 5.26 Å². The van der Waals surface area contributed by atoms with Crippen molar-refractivity contribution in [3.63, 3.8) is 0 Å². The van der Waals surface area contributed by atoms with E-state index in [1.165, 1.54) is 11.1 Å². The first kappa shape index (κ1) is 13.9. The largest absolute Gasteiger partial charge is 0.308 e. The van der Waals surface area contributed by atoms with Crippen molar-refractivity contribution in [1.29, 1.82) is 5.26 Å². The van der Waals surface area contributed by atoms with Gasteiger partial charge >= 0.3 is 0 Å². The van der Waals surface area contributed by atoms with Gasteiger partial charge in [-0.25, -0.2) is 0 Å². The number of alkyl halides is 1. The number of halogens is 1. The maximum atomic E-state index is 9.28. The van der Waals surface area contributed by atoms with Crippen LogP contribution in [0.4, 0.5) is 0 Å². The molecule has 1 aromatic carbocycles. The molecule has 0 amide bonds. The summed E-state index contributed by atoms with van der Waals surface area (Å²) in [6, 6.07) is 12.5. The van der Waals surface area contributed by atoms with Crippen molar-refractivity contribution in [2.45, 2.75) is 31.5 Å². The van der Waals surface area contributed by atoms with Gasteiger partial charge in [0, 0.05) is 17.2 Å². The van der Waals surface area contributed by atoms with Crippen LogP contribution in [0.3, 0.4) is 0 Å². The van der Waals surface area contributed by atoms with E-state index in [0.29, 0.717) is 5.69 Å². The third kappa shape index (κ3) is 2.90. The maximum absolute atomic E-state index is 9.28. The zero-order chi connectivity index (χ0) is 14.0. The Labute approximate surface area is 122 Å². The number of rotatable bonds is 2. The summed E-state index contributed by atoms with van der Waals surface area (Å²) in [5.41, 5.74) is 4.15. The highest BCUT2D eigenvalue weighted by Crippen LogP contribution is 2.26. The lowest BCUT2D eigenvalue weighted by Gasteiger charge is -2.15. The molecule has 19 heavy (non-hydrogen) atoms. The van der Waals surface area contributed by atoms with E-state index in [1.54, 1.807) is 0 Å². The molecule has 0 fully saturated rings. The van der Waals surface area contributed by atoms with Gasteiger partial charge in [0.05, 0.1) is 0 Å². The minimum atomic E-state index is 0.0483. The van der Waals surface area contributed by atoms with Gasteiger partial charge in [0.25, 0.3) is 0 Å². The van der Waals surface area contributed by atoms with Gasteiger partial charge in [0.2, 0.25) is 0 Å². The SMILES string of the molecule is CC(C)(C)c1cc(C#N)n(-c2ccc(CBr)cc2)c1. The van der Waals surface area contributed by atoms with Crippen LogP contribution >= 0.6 is 15.9 Å². The van der Waals surface area contributed by atoms with Gasteiger partial charge in [0.1, 0.15) is 11.8 Å². The van der Waals surface area contributed by atoms with Gasteiger partial charge in [-0.1, -0.05) is 48.8 Å². The van der Waals surface area contributed by atoms with E-state index in [0.717, 1.165) is 11.0 Å². The van der Waals surface area contributed by atoms with E-state index in [1.807, 2.05) is 22.8 Å². The van der Waals surface area contributed by atoms with Crippen molar-refractivity contribution < 1.29 is 0 Å². The van der Waals surface area contributed by atoms with E-state index in [2.05, 4.69) is 61.1 Å². The number of aromatic nitrogens is 1. The topological polar surface area (TPSA) is 28.7 Å². The van der Waals surface area contributed by atoms with Gasteiger partial charge in [-0.3, -0.25) is 0 Å². The Morgan fingerprint density at radius 3 is 2.32 bits per heavy atom. The van der Waals surface area contributed by atoms with Crippen molar-refractivity contribution in [3.05, 3.63) is 53.3 Å². The molecular weight excluding hydrogens is 300 g/mol. The van der Waals surface area contributed by atoms with Crippen molar-refractivity contribution in [2.24, 2.45) is 0 Å². The standard InChI is InChI=1S/C16H17BrN2/c1-16(2,3)13-8-15(10-18)19(11-13)14-6-4-12(9-17)5-7-14/h4-8,11H,9H2,1-3H3. The fourth-order valence-corrected chi connectivity index (χ4v) is 2.29. The van der Waals surface area contributed by atoms with Crippen LogP contribution in [-0.2, 0) is 10.7 Å². The average molecular weight is 317 g/mol. The molecule has 1 heterocycles. The lowest BCUT2D eigenvalue weighted by atomic mass is 9.89. The summed E-state index contributed by atoms with van der Waals surface area (Å²) in [4.78, 5) is 0.